The van der Waals surface area contributed by atoms with Crippen molar-refractivity contribution in [2.75, 3.05) is 13.2 Å². The van der Waals surface area contributed by atoms with E-state index in [2.05, 4.69) is 5.32 Å². The molecule has 0 saturated carbocycles. The molecule has 0 heterocycles. The van der Waals surface area contributed by atoms with Crippen LogP contribution in [0.4, 0.5) is 0 Å². The van der Waals surface area contributed by atoms with Gasteiger partial charge in [-0.2, -0.15) is 0 Å². The van der Waals surface area contributed by atoms with E-state index in [1.165, 1.54) is 12.1 Å². The first-order valence-electron chi connectivity index (χ1n) is 6.21. The lowest BCUT2D eigenvalue weighted by atomic mass is 10.1. The highest BCUT2D eigenvalue weighted by Crippen LogP contribution is 2.28. The molecule has 0 aliphatic rings. The van der Waals surface area contributed by atoms with Gasteiger partial charge in [-0.05, 0) is 44.0 Å². The molecule has 0 aliphatic carbocycles. The first kappa shape index (κ1) is 16.8. The number of hydrogen-bond donors (Lipinski definition) is 1. The predicted molar refractivity (Wildman–Crippen MR) is 77.8 cm³/mol. The molecular weight excluding hydrogens is 302 g/mol. The van der Waals surface area contributed by atoms with Crippen LogP contribution in [0.2, 0.25) is 0 Å². The second-order valence-electron chi connectivity index (χ2n) is 4.38. The Labute approximate surface area is 123 Å². The Morgan fingerprint density at radius 3 is 2.30 bits per heavy atom. The van der Waals surface area contributed by atoms with E-state index in [4.69, 9.17) is 15.4 Å². The molecule has 0 spiro atoms. The average molecular weight is 320 g/mol. The van der Waals surface area contributed by atoms with Crippen LogP contribution in [0.1, 0.15) is 24.5 Å². The lowest BCUT2D eigenvalue weighted by Crippen LogP contribution is -2.24. The van der Waals surface area contributed by atoms with Crippen LogP contribution < -0.4 is 10.1 Å². The van der Waals surface area contributed by atoms with Crippen molar-refractivity contribution >= 4 is 25.6 Å². The predicted octanol–water partition coefficient (Wildman–Crippen LogP) is 2.14. The molecule has 1 aromatic carbocycles. The van der Waals surface area contributed by atoms with E-state index < -0.39 is 9.05 Å². The molecule has 0 radical (unpaired) electrons. The van der Waals surface area contributed by atoms with Crippen LogP contribution in [0.3, 0.4) is 0 Å². The molecule has 0 atom stereocenters. The van der Waals surface area contributed by atoms with Crippen LogP contribution >= 0.6 is 10.7 Å². The molecule has 0 aliphatic heterocycles. The SMILES string of the molecule is CCNC(=O)CCOc1c(C)cc(S(=O)(=O)Cl)cc1C. The van der Waals surface area contributed by atoms with E-state index >= 15 is 0 Å². The standard InChI is InChI=1S/C13H18ClNO4S/c1-4-15-12(16)5-6-19-13-9(2)7-11(8-10(13)3)20(14,17)18/h7-8H,4-6H2,1-3H3,(H,15,16). The smallest absolute Gasteiger partial charge is 0.261 e. The molecule has 112 valence electrons. The Kier molecular flexibility index (Phi) is 5.83. The van der Waals surface area contributed by atoms with E-state index in [-0.39, 0.29) is 23.8 Å². The van der Waals surface area contributed by atoms with Gasteiger partial charge in [0.05, 0.1) is 17.9 Å². The molecular formula is C13H18ClNO4S. The number of nitrogens with one attached hydrogen (secondary N) is 1. The minimum Gasteiger partial charge on any atom is -0.493 e. The van der Waals surface area contributed by atoms with Crippen LogP contribution in [0.15, 0.2) is 17.0 Å². The third-order valence-corrected chi connectivity index (χ3v) is 4.00. The van der Waals surface area contributed by atoms with Gasteiger partial charge in [-0.15, -0.1) is 0 Å². The number of carbonyl (C=O) groups excluding carboxylic acids is 1. The van der Waals surface area contributed by atoms with Crippen LogP contribution in [-0.2, 0) is 13.8 Å². The van der Waals surface area contributed by atoms with Crippen LogP contribution in [0, 0.1) is 13.8 Å². The molecule has 1 amide bonds. The third-order valence-electron chi connectivity index (χ3n) is 2.66. The summed E-state index contributed by atoms with van der Waals surface area (Å²) in [5.74, 6) is 0.501. The summed E-state index contributed by atoms with van der Waals surface area (Å²) in [4.78, 5) is 11.3. The van der Waals surface area contributed by atoms with Crippen molar-refractivity contribution in [1.82, 2.24) is 5.32 Å². The number of rotatable bonds is 6. The molecule has 5 nitrogen and oxygen atoms in total. The molecule has 20 heavy (non-hydrogen) atoms. The summed E-state index contributed by atoms with van der Waals surface area (Å²) >= 11 is 0. The number of aryl methyl sites for hydroxylation is 2. The quantitative estimate of drug-likeness (QED) is 0.815. The maximum absolute atomic E-state index is 11.3. The second kappa shape index (κ2) is 6.95. The van der Waals surface area contributed by atoms with Crippen molar-refractivity contribution in [2.24, 2.45) is 0 Å². The minimum absolute atomic E-state index is 0.0465. The Hall–Kier alpha value is -1.27. The maximum atomic E-state index is 11.3. The zero-order chi connectivity index (χ0) is 15.3. The highest BCUT2D eigenvalue weighted by Gasteiger charge is 2.15. The Bertz CT molecular complexity index is 575. The molecule has 1 N–H and O–H groups in total. The van der Waals surface area contributed by atoms with Gasteiger partial charge >= 0.3 is 0 Å². The lowest BCUT2D eigenvalue weighted by molar-refractivity contribution is -0.121. The molecule has 0 saturated heterocycles. The molecule has 0 aromatic heterocycles. The van der Waals surface area contributed by atoms with Gasteiger partial charge in [0.25, 0.3) is 9.05 Å². The van der Waals surface area contributed by atoms with Crippen LogP contribution in [0.5, 0.6) is 5.75 Å². The van der Waals surface area contributed by atoms with Crippen molar-refractivity contribution in [3.8, 4) is 5.75 Å². The summed E-state index contributed by atoms with van der Waals surface area (Å²) in [6.45, 7) is 6.14. The van der Waals surface area contributed by atoms with Gasteiger partial charge < -0.3 is 10.1 Å². The molecule has 0 unspecified atom stereocenters. The number of halogens is 1. The summed E-state index contributed by atoms with van der Waals surface area (Å²) in [5.41, 5.74) is 1.33. The van der Waals surface area contributed by atoms with Gasteiger partial charge in [-0.25, -0.2) is 8.42 Å². The largest absolute Gasteiger partial charge is 0.493 e. The minimum atomic E-state index is -3.75. The fourth-order valence-electron chi connectivity index (χ4n) is 1.81. The topological polar surface area (TPSA) is 72.5 Å². The lowest BCUT2D eigenvalue weighted by Gasteiger charge is -2.13. The molecule has 1 aromatic rings. The number of benzene rings is 1. The summed E-state index contributed by atoms with van der Waals surface area (Å²) in [6, 6.07) is 2.91. The first-order valence-corrected chi connectivity index (χ1v) is 8.52. The van der Waals surface area contributed by atoms with Gasteiger partial charge in [0.1, 0.15) is 5.75 Å². The molecule has 1 rings (SSSR count). The van der Waals surface area contributed by atoms with Crippen molar-refractivity contribution in [3.05, 3.63) is 23.3 Å². The maximum Gasteiger partial charge on any atom is 0.261 e. The molecule has 0 fully saturated rings. The molecule has 7 heteroatoms. The highest BCUT2D eigenvalue weighted by atomic mass is 35.7. The highest BCUT2D eigenvalue weighted by molar-refractivity contribution is 8.13. The monoisotopic (exact) mass is 319 g/mol. The Morgan fingerprint density at radius 1 is 1.30 bits per heavy atom. The number of hydrogen-bond acceptors (Lipinski definition) is 4. The average Bonchev–Trinajstić information content (AvgIpc) is 2.31. The number of carbonyl (C=O) groups is 1. The number of ether oxygens (including phenoxy) is 1. The van der Waals surface area contributed by atoms with E-state index in [1.807, 2.05) is 6.92 Å². The van der Waals surface area contributed by atoms with Crippen molar-refractivity contribution in [1.29, 1.82) is 0 Å². The zero-order valence-electron chi connectivity index (χ0n) is 11.7. The fourth-order valence-corrected chi connectivity index (χ4v) is 2.71. The summed E-state index contributed by atoms with van der Waals surface area (Å²) in [5, 5.41) is 2.67. The van der Waals surface area contributed by atoms with E-state index in [9.17, 15) is 13.2 Å². The zero-order valence-corrected chi connectivity index (χ0v) is 13.3. The second-order valence-corrected chi connectivity index (χ2v) is 6.94. The normalized spacial score (nSPS) is 11.2. The summed E-state index contributed by atoms with van der Waals surface area (Å²) in [6.07, 6.45) is 0.252. The van der Waals surface area contributed by atoms with Gasteiger partial charge in [-0.1, -0.05) is 0 Å². The van der Waals surface area contributed by atoms with Gasteiger partial charge in [0, 0.05) is 17.2 Å². The van der Waals surface area contributed by atoms with E-state index in [0.29, 0.717) is 23.4 Å². The van der Waals surface area contributed by atoms with Crippen LogP contribution in [0.25, 0.3) is 0 Å². The van der Waals surface area contributed by atoms with E-state index in [0.717, 1.165) is 0 Å². The van der Waals surface area contributed by atoms with Crippen LogP contribution in [-0.4, -0.2) is 27.5 Å². The summed E-state index contributed by atoms with van der Waals surface area (Å²) in [7, 11) is 1.56. The van der Waals surface area contributed by atoms with Gasteiger partial charge in [-0.3, -0.25) is 4.79 Å². The molecule has 0 bridgehead atoms. The fraction of sp³-hybridized carbons (Fsp3) is 0.462. The van der Waals surface area contributed by atoms with Crippen molar-refractivity contribution < 1.29 is 17.9 Å². The van der Waals surface area contributed by atoms with Gasteiger partial charge in [0.15, 0.2) is 0 Å². The van der Waals surface area contributed by atoms with Gasteiger partial charge in [0.2, 0.25) is 5.91 Å². The first-order chi connectivity index (χ1) is 9.25. The van der Waals surface area contributed by atoms with Crippen molar-refractivity contribution in [3.63, 3.8) is 0 Å². The van der Waals surface area contributed by atoms with E-state index in [1.54, 1.807) is 13.8 Å². The van der Waals surface area contributed by atoms with Crippen molar-refractivity contribution in [2.45, 2.75) is 32.1 Å². The number of amides is 1. The Balaban J connectivity index is 2.80. The summed E-state index contributed by atoms with van der Waals surface area (Å²) < 4.78 is 28.1. The third kappa shape index (κ3) is 4.68. The Morgan fingerprint density at radius 2 is 1.85 bits per heavy atom.